The summed E-state index contributed by atoms with van der Waals surface area (Å²) in [6, 6.07) is 7.10. The van der Waals surface area contributed by atoms with Gasteiger partial charge in [0.2, 0.25) is 0 Å². The average Bonchev–Trinajstić information content (AvgIpc) is 2.69. The maximum Gasteiger partial charge on any atom is 0.268 e. The molecule has 22 heavy (non-hydrogen) atoms. The van der Waals surface area contributed by atoms with E-state index < -0.39 is 0 Å². The Morgan fingerprint density at radius 1 is 1.00 bits per heavy atom. The number of hydrogen-bond donors (Lipinski definition) is 0. The van der Waals surface area contributed by atoms with Gasteiger partial charge < -0.3 is 4.74 Å². The Balaban J connectivity index is 2.51. The molecule has 0 aliphatic carbocycles. The molecule has 4 nitrogen and oxygen atoms in total. The van der Waals surface area contributed by atoms with Gasteiger partial charge in [0.25, 0.3) is 11.8 Å². The predicted molar refractivity (Wildman–Crippen MR) is 89.6 cm³/mol. The van der Waals surface area contributed by atoms with Gasteiger partial charge in [-0.3, -0.25) is 14.5 Å². The van der Waals surface area contributed by atoms with Crippen LogP contribution in [0.4, 0.5) is 0 Å². The lowest BCUT2D eigenvalue weighted by Gasteiger charge is -2.19. The topological polar surface area (TPSA) is 46.6 Å². The minimum absolute atomic E-state index is 0.154. The highest BCUT2D eigenvalue weighted by Crippen LogP contribution is 2.38. The number of nitrogens with zero attached hydrogens (tertiary/aromatic N) is 1. The van der Waals surface area contributed by atoms with E-state index in [0.717, 1.165) is 11.3 Å². The minimum atomic E-state index is -0.215. The molecule has 1 aromatic rings. The number of imide groups is 1. The van der Waals surface area contributed by atoms with Gasteiger partial charge in [-0.15, -0.1) is 11.8 Å². The quantitative estimate of drug-likeness (QED) is 0.781. The zero-order valence-corrected chi connectivity index (χ0v) is 14.4. The average molecular weight is 319 g/mol. The summed E-state index contributed by atoms with van der Waals surface area (Å²) in [5, 5.41) is 0.229. The molecule has 1 aromatic carbocycles. The lowest BCUT2D eigenvalue weighted by molar-refractivity contribution is -0.138. The van der Waals surface area contributed by atoms with Crippen LogP contribution in [-0.2, 0) is 9.59 Å². The first-order valence-corrected chi connectivity index (χ1v) is 8.18. The molecule has 0 saturated heterocycles. The zero-order valence-electron chi connectivity index (χ0n) is 13.5. The van der Waals surface area contributed by atoms with E-state index in [0.29, 0.717) is 10.5 Å². The van der Waals surface area contributed by atoms with Crippen LogP contribution in [0.1, 0.15) is 33.3 Å². The summed E-state index contributed by atoms with van der Waals surface area (Å²) in [7, 11) is 1.60. The summed E-state index contributed by atoms with van der Waals surface area (Å²) in [6.45, 7) is 7.73. The van der Waals surface area contributed by atoms with Crippen LogP contribution in [0.5, 0.6) is 5.75 Å². The molecule has 0 N–H and O–H groups in total. The van der Waals surface area contributed by atoms with Crippen LogP contribution in [0.25, 0.3) is 5.57 Å². The zero-order chi connectivity index (χ0) is 16.4. The fraction of sp³-hybridized carbons (Fsp3) is 0.412. The summed E-state index contributed by atoms with van der Waals surface area (Å²) in [4.78, 5) is 27.2. The Morgan fingerprint density at radius 2 is 1.59 bits per heavy atom. The van der Waals surface area contributed by atoms with Crippen LogP contribution < -0.4 is 4.74 Å². The van der Waals surface area contributed by atoms with Crippen molar-refractivity contribution in [1.82, 2.24) is 4.90 Å². The van der Waals surface area contributed by atoms with E-state index in [-0.39, 0.29) is 23.1 Å². The smallest absolute Gasteiger partial charge is 0.268 e. The van der Waals surface area contributed by atoms with Crippen molar-refractivity contribution in [3.8, 4) is 5.75 Å². The number of benzene rings is 1. The van der Waals surface area contributed by atoms with Gasteiger partial charge in [-0.25, -0.2) is 0 Å². The van der Waals surface area contributed by atoms with Crippen LogP contribution in [-0.4, -0.2) is 35.1 Å². The second-order valence-corrected chi connectivity index (χ2v) is 7.26. The van der Waals surface area contributed by atoms with Crippen molar-refractivity contribution in [2.45, 2.75) is 39.0 Å². The van der Waals surface area contributed by atoms with Gasteiger partial charge in [-0.2, -0.15) is 0 Å². The van der Waals surface area contributed by atoms with Gasteiger partial charge >= 0.3 is 0 Å². The van der Waals surface area contributed by atoms with E-state index in [1.807, 2.05) is 39.8 Å². The van der Waals surface area contributed by atoms with E-state index in [2.05, 4.69) is 0 Å². The minimum Gasteiger partial charge on any atom is -0.497 e. The van der Waals surface area contributed by atoms with Gasteiger partial charge in [0.05, 0.1) is 17.6 Å². The molecule has 0 bridgehead atoms. The summed E-state index contributed by atoms with van der Waals surface area (Å²) in [5.74, 6) is 0.317. The van der Waals surface area contributed by atoms with Crippen molar-refractivity contribution in [2.24, 2.45) is 0 Å². The Hall–Kier alpha value is -1.75. The normalized spacial score (nSPS) is 15.5. The first-order chi connectivity index (χ1) is 10.4. The molecule has 0 spiro atoms. The Kier molecular flexibility index (Phi) is 4.96. The molecule has 2 rings (SSSR count). The lowest BCUT2D eigenvalue weighted by Crippen LogP contribution is -2.37. The number of ether oxygens (including phenoxy) is 1. The van der Waals surface area contributed by atoms with Crippen molar-refractivity contribution in [2.75, 3.05) is 7.11 Å². The molecular formula is C17H21NO3S. The molecule has 5 heteroatoms. The number of rotatable bonds is 5. The molecule has 0 saturated carbocycles. The Labute approximate surface area is 135 Å². The van der Waals surface area contributed by atoms with Crippen LogP contribution in [0.15, 0.2) is 29.2 Å². The van der Waals surface area contributed by atoms with Gasteiger partial charge in [0.15, 0.2) is 0 Å². The number of amides is 2. The van der Waals surface area contributed by atoms with E-state index in [1.54, 1.807) is 19.2 Å². The Bertz CT molecular complexity index is 617. The van der Waals surface area contributed by atoms with Gasteiger partial charge in [0.1, 0.15) is 5.75 Å². The summed E-state index contributed by atoms with van der Waals surface area (Å²) >= 11 is 1.44. The first-order valence-electron chi connectivity index (χ1n) is 7.30. The van der Waals surface area contributed by atoms with Crippen molar-refractivity contribution in [1.29, 1.82) is 0 Å². The van der Waals surface area contributed by atoms with Gasteiger partial charge in [0, 0.05) is 11.3 Å². The molecule has 0 fully saturated rings. The second-order valence-electron chi connectivity index (χ2n) is 5.67. The molecule has 1 heterocycles. The number of carbonyl (C=O) groups is 2. The molecule has 0 radical (unpaired) electrons. The molecule has 118 valence electrons. The second kappa shape index (κ2) is 6.57. The Morgan fingerprint density at radius 3 is 2.05 bits per heavy atom. The van der Waals surface area contributed by atoms with Crippen LogP contribution in [0.2, 0.25) is 0 Å². The lowest BCUT2D eigenvalue weighted by atomic mass is 10.1. The standard InChI is InChI=1S/C17H21NO3S/c1-10(2)18-16(19)14(15(17(18)20)22-11(3)4)12-6-8-13(21-5)9-7-12/h6-11H,1-5H3. The molecule has 2 amide bonds. The van der Waals surface area contributed by atoms with Crippen LogP contribution in [0, 0.1) is 0 Å². The van der Waals surface area contributed by atoms with Crippen LogP contribution in [0.3, 0.4) is 0 Å². The highest BCUT2D eigenvalue weighted by atomic mass is 32.2. The maximum absolute atomic E-state index is 12.7. The highest BCUT2D eigenvalue weighted by Gasteiger charge is 2.40. The summed E-state index contributed by atoms with van der Waals surface area (Å²) < 4.78 is 5.15. The molecule has 1 aliphatic heterocycles. The van der Waals surface area contributed by atoms with Crippen molar-refractivity contribution in [3.63, 3.8) is 0 Å². The molecular weight excluding hydrogens is 298 g/mol. The van der Waals surface area contributed by atoms with Crippen molar-refractivity contribution >= 4 is 29.1 Å². The predicted octanol–water partition coefficient (Wildman–Crippen LogP) is 3.33. The third-order valence-corrected chi connectivity index (χ3v) is 4.41. The fourth-order valence-electron chi connectivity index (χ4n) is 2.35. The largest absolute Gasteiger partial charge is 0.497 e. The van der Waals surface area contributed by atoms with E-state index >= 15 is 0 Å². The summed E-state index contributed by atoms with van der Waals surface area (Å²) in [6.07, 6.45) is 0. The number of thioether (sulfide) groups is 1. The van der Waals surface area contributed by atoms with E-state index in [4.69, 9.17) is 4.74 Å². The van der Waals surface area contributed by atoms with Crippen molar-refractivity contribution < 1.29 is 14.3 Å². The van der Waals surface area contributed by atoms with Gasteiger partial charge in [-0.1, -0.05) is 26.0 Å². The van der Waals surface area contributed by atoms with Crippen LogP contribution >= 0.6 is 11.8 Å². The third-order valence-electron chi connectivity index (χ3n) is 3.32. The third kappa shape index (κ3) is 3.04. The van der Waals surface area contributed by atoms with Crippen molar-refractivity contribution in [3.05, 3.63) is 34.7 Å². The number of methoxy groups -OCH3 is 1. The van der Waals surface area contributed by atoms with E-state index in [9.17, 15) is 9.59 Å². The maximum atomic E-state index is 12.7. The number of carbonyl (C=O) groups excluding carboxylic acids is 2. The number of hydrogen-bond acceptors (Lipinski definition) is 4. The highest BCUT2D eigenvalue weighted by molar-refractivity contribution is 8.04. The molecule has 0 atom stereocenters. The molecule has 0 aromatic heterocycles. The summed E-state index contributed by atoms with van der Waals surface area (Å²) in [5.41, 5.74) is 1.26. The van der Waals surface area contributed by atoms with E-state index in [1.165, 1.54) is 16.7 Å². The first kappa shape index (κ1) is 16.6. The molecule has 0 unspecified atom stereocenters. The fourth-order valence-corrected chi connectivity index (χ4v) is 3.35. The van der Waals surface area contributed by atoms with Gasteiger partial charge in [-0.05, 0) is 31.5 Å². The SMILES string of the molecule is COc1ccc(C2=C(SC(C)C)C(=O)N(C(C)C)C2=O)cc1. The molecule has 1 aliphatic rings. The monoisotopic (exact) mass is 319 g/mol.